The summed E-state index contributed by atoms with van der Waals surface area (Å²) in [6, 6.07) is 24.1. The minimum absolute atomic E-state index is 0.202. The molecular weight excluding hydrogens is 496 g/mol. The normalized spacial score (nSPS) is 13.0. The van der Waals surface area contributed by atoms with Crippen LogP contribution < -0.4 is 23.7 Å². The van der Waals surface area contributed by atoms with E-state index in [0.717, 1.165) is 16.7 Å². The molecule has 7 nitrogen and oxygen atoms in total. The monoisotopic (exact) mass is 522 g/mol. The molecule has 4 aromatic rings. The highest BCUT2D eigenvalue weighted by Crippen LogP contribution is 2.40. The van der Waals surface area contributed by atoms with Gasteiger partial charge in [-0.25, -0.2) is 4.79 Å². The van der Waals surface area contributed by atoms with Gasteiger partial charge in [0.15, 0.2) is 17.3 Å². The van der Waals surface area contributed by atoms with Crippen LogP contribution in [0.3, 0.4) is 0 Å². The van der Waals surface area contributed by atoms with Crippen molar-refractivity contribution in [1.82, 2.24) is 0 Å². The topological polar surface area (TPSA) is 80.3 Å². The van der Waals surface area contributed by atoms with Crippen molar-refractivity contribution in [3.8, 4) is 39.9 Å². The Morgan fingerprint density at radius 3 is 2.05 bits per heavy atom. The largest absolute Gasteiger partial charge is 0.493 e. The van der Waals surface area contributed by atoms with Gasteiger partial charge in [0.05, 0.1) is 32.5 Å². The molecule has 0 saturated heterocycles. The highest BCUT2D eigenvalue weighted by atomic mass is 16.5. The van der Waals surface area contributed by atoms with Crippen molar-refractivity contribution in [1.29, 1.82) is 0 Å². The van der Waals surface area contributed by atoms with E-state index < -0.39 is 5.97 Å². The summed E-state index contributed by atoms with van der Waals surface area (Å²) in [6.07, 6.45) is 1.71. The fraction of sp³-hybridized carbons (Fsp3) is 0.125. The van der Waals surface area contributed by atoms with Crippen LogP contribution in [0.4, 0.5) is 0 Å². The first-order chi connectivity index (χ1) is 18.9. The maximum atomic E-state index is 13.1. The number of hydrogen-bond donors (Lipinski definition) is 0. The van der Waals surface area contributed by atoms with Crippen LogP contribution in [-0.4, -0.2) is 33.1 Å². The molecule has 0 atom stereocenters. The van der Waals surface area contributed by atoms with Gasteiger partial charge in [-0.05, 0) is 53.5 Å². The quantitative estimate of drug-likeness (QED) is 0.155. The van der Waals surface area contributed by atoms with Gasteiger partial charge in [0, 0.05) is 6.07 Å². The lowest BCUT2D eigenvalue weighted by Crippen LogP contribution is -2.10. The maximum absolute atomic E-state index is 13.1. The first-order valence-electron chi connectivity index (χ1n) is 12.2. The van der Waals surface area contributed by atoms with Gasteiger partial charge < -0.3 is 23.7 Å². The fourth-order valence-electron chi connectivity index (χ4n) is 4.46. The summed E-state index contributed by atoms with van der Waals surface area (Å²) < 4.78 is 27.5. The summed E-state index contributed by atoms with van der Waals surface area (Å²) in [5, 5.41) is 0. The molecule has 1 aliphatic heterocycles. The number of carbonyl (C=O) groups excluding carboxylic acids is 2. The molecule has 196 valence electrons. The van der Waals surface area contributed by atoms with E-state index in [-0.39, 0.29) is 22.9 Å². The van der Waals surface area contributed by atoms with Gasteiger partial charge >= 0.3 is 5.97 Å². The molecule has 0 radical (unpaired) electrons. The number of ketones is 1. The van der Waals surface area contributed by atoms with Crippen LogP contribution in [0.25, 0.3) is 17.2 Å². The number of carbonyl (C=O) groups is 2. The molecule has 0 saturated carbocycles. The average Bonchev–Trinajstić information content (AvgIpc) is 3.27. The molecule has 1 heterocycles. The molecule has 5 rings (SSSR count). The molecule has 0 N–H and O–H groups in total. The summed E-state index contributed by atoms with van der Waals surface area (Å²) in [7, 11) is 4.41. The van der Waals surface area contributed by atoms with Crippen LogP contribution in [0.2, 0.25) is 0 Å². The van der Waals surface area contributed by atoms with Gasteiger partial charge in [0.1, 0.15) is 11.5 Å². The number of Topliss-reactive ketones (excluding diaryl/α,β-unsaturated/α-hetero) is 1. The fourth-order valence-corrected chi connectivity index (χ4v) is 4.46. The van der Waals surface area contributed by atoms with E-state index in [1.165, 1.54) is 39.5 Å². The second-order valence-electron chi connectivity index (χ2n) is 8.84. The Morgan fingerprint density at radius 2 is 1.44 bits per heavy atom. The lowest BCUT2D eigenvalue weighted by molar-refractivity contribution is 0.0733. The molecule has 0 spiro atoms. The van der Waals surface area contributed by atoms with Crippen molar-refractivity contribution in [2.75, 3.05) is 21.3 Å². The molecule has 0 aliphatic carbocycles. The first kappa shape index (κ1) is 25.6. The zero-order chi connectivity index (χ0) is 27.5. The van der Waals surface area contributed by atoms with Crippen molar-refractivity contribution in [3.63, 3.8) is 0 Å². The van der Waals surface area contributed by atoms with Crippen molar-refractivity contribution < 1.29 is 33.3 Å². The summed E-state index contributed by atoms with van der Waals surface area (Å²) >= 11 is 0. The van der Waals surface area contributed by atoms with Gasteiger partial charge in [-0.3, -0.25) is 4.79 Å². The smallest absolute Gasteiger partial charge is 0.343 e. The third-order valence-electron chi connectivity index (χ3n) is 6.37. The first-order valence-corrected chi connectivity index (χ1v) is 12.2. The number of aryl methyl sites for hydroxylation is 1. The van der Waals surface area contributed by atoms with Gasteiger partial charge in [-0.1, -0.05) is 54.6 Å². The number of methoxy groups -OCH3 is 3. The summed E-state index contributed by atoms with van der Waals surface area (Å²) in [4.78, 5) is 26.1. The van der Waals surface area contributed by atoms with Crippen molar-refractivity contribution >= 4 is 17.8 Å². The number of rotatable bonds is 7. The summed E-state index contributed by atoms with van der Waals surface area (Å²) in [6.45, 7) is 1.77. The Hall–Kier alpha value is -5.04. The van der Waals surface area contributed by atoms with Gasteiger partial charge in [0.2, 0.25) is 11.5 Å². The second-order valence-corrected chi connectivity index (χ2v) is 8.84. The molecule has 0 bridgehead atoms. The Kier molecular flexibility index (Phi) is 7.06. The van der Waals surface area contributed by atoms with Gasteiger partial charge in [0.25, 0.3) is 0 Å². The lowest BCUT2D eigenvalue weighted by atomic mass is 10.0. The molecule has 0 unspecified atom stereocenters. The second kappa shape index (κ2) is 10.8. The summed E-state index contributed by atoms with van der Waals surface area (Å²) in [5.41, 5.74) is 4.30. The van der Waals surface area contributed by atoms with Gasteiger partial charge in [-0.2, -0.15) is 0 Å². The van der Waals surface area contributed by atoms with E-state index in [1.807, 2.05) is 54.6 Å². The lowest BCUT2D eigenvalue weighted by Gasteiger charge is -2.14. The van der Waals surface area contributed by atoms with Crippen molar-refractivity contribution in [3.05, 3.63) is 107 Å². The Balaban J connectivity index is 1.37. The third-order valence-corrected chi connectivity index (χ3v) is 6.37. The molecule has 0 fully saturated rings. The average molecular weight is 523 g/mol. The number of fused-ring (bicyclic) bond motifs is 1. The van der Waals surface area contributed by atoms with E-state index in [1.54, 1.807) is 19.1 Å². The zero-order valence-corrected chi connectivity index (χ0v) is 21.9. The Labute approximate surface area is 226 Å². The van der Waals surface area contributed by atoms with Crippen LogP contribution in [0, 0.1) is 6.92 Å². The predicted octanol–water partition coefficient (Wildman–Crippen LogP) is 6.52. The molecule has 4 aromatic carbocycles. The van der Waals surface area contributed by atoms with Gasteiger partial charge in [-0.15, -0.1) is 0 Å². The molecule has 1 aliphatic rings. The predicted molar refractivity (Wildman–Crippen MR) is 147 cm³/mol. The molecular formula is C32H26O7. The Morgan fingerprint density at radius 1 is 0.795 bits per heavy atom. The number of allylic oxidation sites excluding steroid dienone is 1. The Bertz CT molecular complexity index is 1560. The maximum Gasteiger partial charge on any atom is 0.343 e. The summed E-state index contributed by atoms with van der Waals surface area (Å²) in [5.74, 6) is 0.943. The van der Waals surface area contributed by atoms with Crippen LogP contribution in [-0.2, 0) is 0 Å². The highest BCUT2D eigenvalue weighted by Gasteiger charge is 2.30. The molecule has 7 heteroatoms. The SMILES string of the molecule is COc1cc(C(=O)Oc2cc(C)c3c(c2)O/C(=C\c2ccc(-c4ccccc4)cc2)C3=O)cc(OC)c1OC. The standard InChI is InChI=1S/C32H26O7/c1-19-14-24(38-32(34)23-16-27(35-2)31(37-4)28(17-23)36-3)18-25-29(19)30(33)26(39-25)15-20-10-12-22(13-11-20)21-8-6-5-7-9-21/h5-18H,1-4H3/b26-15-. The number of esters is 1. The van der Waals surface area contributed by atoms with Crippen LogP contribution in [0.5, 0.6) is 28.7 Å². The van der Waals surface area contributed by atoms with Crippen molar-refractivity contribution in [2.45, 2.75) is 6.92 Å². The number of ether oxygens (including phenoxy) is 5. The third kappa shape index (κ3) is 5.07. The minimum atomic E-state index is -0.632. The van der Waals surface area contributed by atoms with Crippen LogP contribution in [0.1, 0.15) is 31.8 Å². The van der Waals surface area contributed by atoms with E-state index in [4.69, 9.17) is 23.7 Å². The van der Waals surface area contributed by atoms with Crippen molar-refractivity contribution in [2.24, 2.45) is 0 Å². The van der Waals surface area contributed by atoms with E-state index in [2.05, 4.69) is 0 Å². The van der Waals surface area contributed by atoms with Crippen LogP contribution >= 0.6 is 0 Å². The zero-order valence-electron chi connectivity index (χ0n) is 21.9. The molecule has 39 heavy (non-hydrogen) atoms. The highest BCUT2D eigenvalue weighted by molar-refractivity contribution is 6.15. The molecule has 0 aromatic heterocycles. The molecule has 0 amide bonds. The number of hydrogen-bond acceptors (Lipinski definition) is 7. The van der Waals surface area contributed by atoms with E-state index in [9.17, 15) is 9.59 Å². The van der Waals surface area contributed by atoms with E-state index >= 15 is 0 Å². The minimum Gasteiger partial charge on any atom is -0.493 e. The number of benzene rings is 4. The van der Waals surface area contributed by atoms with E-state index in [0.29, 0.717) is 34.1 Å². The van der Waals surface area contributed by atoms with Crippen LogP contribution in [0.15, 0.2) is 84.6 Å².